The van der Waals surface area contributed by atoms with Crippen LogP contribution in [0.25, 0.3) is 22.1 Å². The largest absolute Gasteiger partial charge is 0.354 e. The van der Waals surface area contributed by atoms with Crippen molar-refractivity contribution in [2.75, 3.05) is 57.8 Å². The number of hydrogen-bond acceptors (Lipinski definition) is 11. The molecule has 0 unspecified atom stereocenters. The second-order valence-electron chi connectivity index (χ2n) is 11.2. The van der Waals surface area contributed by atoms with Gasteiger partial charge in [0, 0.05) is 62.3 Å². The number of carbonyl (C=O) groups excluding carboxylic acids is 1. The monoisotopic (exact) mass is 608 g/mol. The van der Waals surface area contributed by atoms with Crippen LogP contribution in [0.15, 0.2) is 28.3 Å². The third-order valence-electron chi connectivity index (χ3n) is 8.11. The Labute approximate surface area is 254 Å². The molecule has 222 valence electrons. The van der Waals surface area contributed by atoms with Crippen molar-refractivity contribution in [3.63, 3.8) is 0 Å². The summed E-state index contributed by atoms with van der Waals surface area (Å²) >= 11 is 8.18. The first-order valence-corrected chi connectivity index (χ1v) is 15.9. The van der Waals surface area contributed by atoms with Gasteiger partial charge in [0.05, 0.1) is 15.9 Å². The van der Waals surface area contributed by atoms with Crippen LogP contribution in [0, 0.1) is 0 Å². The third-order valence-corrected chi connectivity index (χ3v) is 9.38. The number of aromatic nitrogens is 6. The summed E-state index contributed by atoms with van der Waals surface area (Å²) in [4.78, 5) is 38.5. The third kappa shape index (κ3) is 6.37. The summed E-state index contributed by atoms with van der Waals surface area (Å²) in [6, 6.07) is 5.83. The molecule has 1 aromatic carbocycles. The molecule has 1 atom stereocenters. The Bertz CT molecular complexity index is 1590. The maximum absolute atomic E-state index is 12.9. The van der Waals surface area contributed by atoms with Gasteiger partial charge in [-0.2, -0.15) is 0 Å². The number of halogens is 1. The maximum Gasteiger partial charge on any atom is 0.218 e. The predicted octanol–water partition coefficient (Wildman–Crippen LogP) is 3.80. The summed E-state index contributed by atoms with van der Waals surface area (Å²) in [7, 11) is 2.16. The molecule has 0 aliphatic carbocycles. The van der Waals surface area contributed by atoms with Gasteiger partial charge in [0.15, 0.2) is 5.16 Å². The number of piperazine rings is 1. The van der Waals surface area contributed by atoms with Crippen LogP contribution in [0.1, 0.15) is 48.9 Å². The summed E-state index contributed by atoms with van der Waals surface area (Å²) in [5.74, 6) is 0.905. The van der Waals surface area contributed by atoms with Gasteiger partial charge in [-0.1, -0.05) is 18.5 Å². The van der Waals surface area contributed by atoms with Crippen LogP contribution in [0.3, 0.4) is 0 Å². The van der Waals surface area contributed by atoms with E-state index in [1.54, 1.807) is 0 Å². The highest BCUT2D eigenvalue weighted by molar-refractivity contribution is 7.99. The molecule has 0 spiro atoms. The maximum atomic E-state index is 12.9. The lowest BCUT2D eigenvalue weighted by Crippen LogP contribution is -2.44. The van der Waals surface area contributed by atoms with E-state index in [2.05, 4.69) is 48.8 Å². The second-order valence-corrected chi connectivity index (χ2v) is 12.7. The van der Waals surface area contributed by atoms with E-state index >= 15 is 0 Å². The van der Waals surface area contributed by atoms with Crippen LogP contribution < -0.4 is 10.6 Å². The van der Waals surface area contributed by atoms with Gasteiger partial charge in [-0.25, -0.2) is 15.0 Å². The van der Waals surface area contributed by atoms with E-state index in [0.29, 0.717) is 27.6 Å². The lowest BCUT2D eigenvalue weighted by molar-refractivity contribution is 0.0965. The van der Waals surface area contributed by atoms with Crippen LogP contribution in [-0.2, 0) is 6.42 Å². The number of aryl methyl sites for hydroxylation is 1. The molecule has 3 N–H and O–H groups in total. The van der Waals surface area contributed by atoms with Crippen LogP contribution in [0.5, 0.6) is 0 Å². The van der Waals surface area contributed by atoms with Crippen LogP contribution >= 0.6 is 23.4 Å². The molecule has 0 saturated carbocycles. The molecule has 13 heteroatoms. The minimum atomic E-state index is -0.0709. The minimum absolute atomic E-state index is 0.0709. The zero-order valence-electron chi connectivity index (χ0n) is 24.1. The van der Waals surface area contributed by atoms with Crippen molar-refractivity contribution in [3.8, 4) is 0 Å². The number of aromatic amines is 1. The number of nitrogens with one attached hydrogen (secondary N) is 1. The Morgan fingerprint density at radius 1 is 1.10 bits per heavy atom. The van der Waals surface area contributed by atoms with E-state index in [9.17, 15) is 4.79 Å². The number of nitrogens with two attached hydrogens (primary N) is 1. The minimum Gasteiger partial charge on any atom is -0.354 e. The predicted molar refractivity (Wildman–Crippen MR) is 167 cm³/mol. The van der Waals surface area contributed by atoms with Crippen LogP contribution in [0.4, 0.5) is 5.82 Å². The number of nitrogens with zero attached hydrogens (tertiary/aromatic N) is 8. The molecule has 5 heterocycles. The molecule has 3 aromatic heterocycles. The molecule has 42 heavy (non-hydrogen) atoms. The van der Waals surface area contributed by atoms with Crippen LogP contribution in [0.2, 0.25) is 5.02 Å². The highest BCUT2D eigenvalue weighted by Crippen LogP contribution is 2.37. The molecule has 0 amide bonds. The van der Waals surface area contributed by atoms with E-state index < -0.39 is 0 Å². The molecule has 0 bridgehead atoms. The molecule has 2 aliphatic rings. The average molecular weight is 609 g/mol. The molecule has 11 nitrogen and oxygen atoms in total. The molecule has 0 radical (unpaired) electrons. The van der Waals surface area contributed by atoms with Gasteiger partial charge in [-0.15, -0.1) is 10.2 Å². The van der Waals surface area contributed by atoms with E-state index in [1.165, 1.54) is 11.8 Å². The van der Waals surface area contributed by atoms with E-state index in [4.69, 9.17) is 27.3 Å². The van der Waals surface area contributed by atoms with Gasteiger partial charge >= 0.3 is 0 Å². The number of hydrogen-bond donors (Lipinski definition) is 2. The number of carbonyl (C=O) groups is 1. The van der Waals surface area contributed by atoms with Gasteiger partial charge in [0.25, 0.3) is 0 Å². The van der Waals surface area contributed by atoms with Crippen molar-refractivity contribution in [1.29, 1.82) is 0 Å². The first kappa shape index (κ1) is 29.2. The Morgan fingerprint density at radius 2 is 1.93 bits per heavy atom. The van der Waals surface area contributed by atoms with Gasteiger partial charge in [0.1, 0.15) is 17.0 Å². The summed E-state index contributed by atoms with van der Waals surface area (Å²) in [5, 5.41) is 10.5. The number of rotatable bonds is 10. The zero-order valence-corrected chi connectivity index (χ0v) is 25.7. The number of ketones is 1. The fraction of sp³-hybridized carbons (Fsp3) is 0.517. The Kier molecular flexibility index (Phi) is 8.87. The lowest BCUT2D eigenvalue weighted by Gasteiger charge is -2.32. The summed E-state index contributed by atoms with van der Waals surface area (Å²) in [6.45, 7) is 9.02. The molecule has 2 fully saturated rings. The fourth-order valence-corrected chi connectivity index (χ4v) is 6.72. The van der Waals surface area contributed by atoms with E-state index in [1.807, 2.05) is 18.2 Å². The highest BCUT2D eigenvalue weighted by atomic mass is 35.5. The van der Waals surface area contributed by atoms with E-state index in [0.717, 1.165) is 98.9 Å². The van der Waals surface area contributed by atoms with Crippen molar-refractivity contribution in [3.05, 3.63) is 34.7 Å². The molecule has 2 aliphatic heterocycles. The topological polar surface area (TPSA) is 133 Å². The lowest BCUT2D eigenvalue weighted by atomic mass is 10.1. The first-order chi connectivity index (χ1) is 20.4. The number of anilines is 1. The van der Waals surface area contributed by atoms with Crippen molar-refractivity contribution < 1.29 is 4.79 Å². The zero-order chi connectivity index (χ0) is 29.2. The fourth-order valence-electron chi connectivity index (χ4n) is 5.57. The Morgan fingerprint density at radius 3 is 2.69 bits per heavy atom. The number of benzene rings is 1. The smallest absolute Gasteiger partial charge is 0.218 e. The summed E-state index contributed by atoms with van der Waals surface area (Å²) in [6.07, 6.45) is 3.90. The van der Waals surface area contributed by atoms with Crippen molar-refractivity contribution in [2.24, 2.45) is 5.73 Å². The normalized spacial score (nSPS) is 18.5. The van der Waals surface area contributed by atoms with Crippen molar-refractivity contribution in [2.45, 2.75) is 55.1 Å². The number of fused-ring (bicyclic) bond motifs is 2. The average Bonchev–Trinajstić information content (AvgIpc) is 3.57. The number of H-pyrrole nitrogens is 1. The Hall–Kier alpha value is -2.90. The van der Waals surface area contributed by atoms with Gasteiger partial charge < -0.3 is 25.4 Å². The molecular weight excluding hydrogens is 572 g/mol. The standard InChI is InChI=1S/C29H37ClN10OS/c1-3-20-25(30)24-27(32-20)34-29(35-28(24)40-11-9-18(31)17-40)42-19-7-8-21-22(16-19)33-26(37-36-21)23(41)6-4-5-10-39-14-12-38(2)13-15-39/h7-8,16,18H,3-6,9-15,17,31H2,1-2H3,(H,32,34,35)/t18-/m1/s1. The quantitative estimate of drug-likeness (QED) is 0.155. The van der Waals surface area contributed by atoms with Gasteiger partial charge in [0.2, 0.25) is 11.6 Å². The number of Topliss-reactive ketones (excluding diaryl/α,β-unsaturated/α-hetero) is 1. The highest BCUT2D eigenvalue weighted by Gasteiger charge is 2.26. The molecule has 4 aromatic rings. The van der Waals surface area contributed by atoms with Crippen LogP contribution in [-0.4, -0.2) is 105 Å². The first-order valence-electron chi connectivity index (χ1n) is 14.7. The molecule has 6 rings (SSSR count). The number of unbranched alkanes of at least 4 members (excludes halogenated alkanes) is 1. The summed E-state index contributed by atoms with van der Waals surface area (Å²) < 4.78 is 0. The summed E-state index contributed by atoms with van der Waals surface area (Å²) in [5.41, 5.74) is 9.14. The van der Waals surface area contributed by atoms with Gasteiger partial charge in [-0.3, -0.25) is 4.79 Å². The SMILES string of the molecule is CCc1[nH]c2nc(Sc3ccc4nnc(C(=O)CCCCN5CCN(C)CC5)nc4c3)nc(N3CC[C@@H](N)C3)c2c1Cl. The van der Waals surface area contributed by atoms with E-state index in [-0.39, 0.29) is 17.6 Å². The molecular formula is C29H37ClN10OS. The van der Waals surface area contributed by atoms with Gasteiger partial charge in [-0.05, 0) is 69.2 Å². The van der Waals surface area contributed by atoms with Crippen molar-refractivity contribution in [1.82, 2.24) is 39.9 Å². The second kappa shape index (κ2) is 12.8. The Balaban J connectivity index is 1.17. The van der Waals surface area contributed by atoms with Crippen molar-refractivity contribution >= 4 is 57.0 Å². The molecule has 2 saturated heterocycles. The number of likely N-dealkylation sites (N-methyl/N-ethyl adjacent to an activating group) is 1.